The van der Waals surface area contributed by atoms with Crippen molar-refractivity contribution in [1.29, 1.82) is 0 Å². The highest BCUT2D eigenvalue weighted by Gasteiger charge is 2.23. The van der Waals surface area contributed by atoms with Crippen LogP contribution in [0.25, 0.3) is 0 Å². The molecule has 0 aromatic carbocycles. The Balaban J connectivity index is 1.88. The third kappa shape index (κ3) is 3.19. The molecule has 2 rings (SSSR count). The molecule has 2 atom stereocenters. The van der Waals surface area contributed by atoms with E-state index < -0.39 is 0 Å². The van der Waals surface area contributed by atoms with E-state index in [9.17, 15) is 0 Å². The van der Waals surface area contributed by atoms with E-state index in [0.29, 0.717) is 5.92 Å². The summed E-state index contributed by atoms with van der Waals surface area (Å²) in [5, 5.41) is 4.56. The summed E-state index contributed by atoms with van der Waals surface area (Å²) in [5.41, 5.74) is 7.00. The van der Waals surface area contributed by atoms with Gasteiger partial charge in [-0.2, -0.15) is 0 Å². The summed E-state index contributed by atoms with van der Waals surface area (Å²) < 4.78 is 0. The van der Waals surface area contributed by atoms with Crippen molar-refractivity contribution in [3.8, 4) is 0 Å². The predicted molar refractivity (Wildman–Crippen MR) is 74.6 cm³/mol. The van der Waals surface area contributed by atoms with Crippen LogP contribution >= 0.6 is 11.3 Å². The molecule has 0 saturated heterocycles. The van der Waals surface area contributed by atoms with E-state index in [0.717, 1.165) is 29.8 Å². The van der Waals surface area contributed by atoms with Crippen LogP contribution in [-0.2, 0) is 0 Å². The van der Waals surface area contributed by atoms with E-state index in [-0.39, 0.29) is 0 Å². The van der Waals surface area contributed by atoms with Crippen molar-refractivity contribution >= 4 is 16.5 Å². The molecular weight excluding hydrogens is 230 g/mol. The number of rotatable bonds is 4. The monoisotopic (exact) mass is 253 g/mol. The van der Waals surface area contributed by atoms with Gasteiger partial charge in [0.25, 0.3) is 0 Å². The summed E-state index contributed by atoms with van der Waals surface area (Å²) >= 11 is 1.76. The molecule has 1 heterocycles. The van der Waals surface area contributed by atoms with Crippen molar-refractivity contribution in [3.05, 3.63) is 10.6 Å². The van der Waals surface area contributed by atoms with Crippen LogP contribution in [0.4, 0.5) is 5.13 Å². The van der Waals surface area contributed by atoms with Crippen LogP contribution < -0.4 is 11.1 Å². The van der Waals surface area contributed by atoms with E-state index in [4.69, 9.17) is 5.73 Å². The maximum Gasteiger partial charge on any atom is 0.183 e. The zero-order valence-corrected chi connectivity index (χ0v) is 11.6. The molecule has 1 aliphatic rings. The molecule has 1 aromatic rings. The van der Waals surface area contributed by atoms with Gasteiger partial charge in [-0.3, -0.25) is 0 Å². The Kier molecular flexibility index (Phi) is 4.40. The fourth-order valence-corrected chi connectivity index (χ4v) is 3.45. The van der Waals surface area contributed by atoms with Gasteiger partial charge in [-0.15, -0.1) is 11.3 Å². The van der Waals surface area contributed by atoms with Crippen molar-refractivity contribution < 1.29 is 0 Å². The lowest BCUT2D eigenvalue weighted by atomic mass is 9.79. The van der Waals surface area contributed by atoms with Gasteiger partial charge in [-0.05, 0) is 45.1 Å². The fraction of sp³-hybridized carbons (Fsp3) is 0.769. The molecule has 0 aliphatic heterocycles. The number of nitrogens with two attached hydrogens (primary N) is 1. The van der Waals surface area contributed by atoms with E-state index in [1.165, 1.54) is 30.6 Å². The van der Waals surface area contributed by atoms with Gasteiger partial charge >= 0.3 is 0 Å². The van der Waals surface area contributed by atoms with Crippen LogP contribution in [0.2, 0.25) is 0 Å². The number of hydrogen-bond donors (Lipinski definition) is 2. The van der Waals surface area contributed by atoms with Gasteiger partial charge in [0.2, 0.25) is 0 Å². The van der Waals surface area contributed by atoms with Gasteiger partial charge < -0.3 is 11.1 Å². The van der Waals surface area contributed by atoms with Gasteiger partial charge in [-0.1, -0.05) is 12.8 Å². The molecule has 3 N–H and O–H groups in total. The van der Waals surface area contributed by atoms with Crippen molar-refractivity contribution in [3.63, 3.8) is 0 Å². The molecule has 1 aliphatic carbocycles. The van der Waals surface area contributed by atoms with E-state index in [1.54, 1.807) is 11.3 Å². The number of hydrogen-bond acceptors (Lipinski definition) is 4. The van der Waals surface area contributed by atoms with Crippen LogP contribution in [0.1, 0.15) is 36.3 Å². The summed E-state index contributed by atoms with van der Waals surface area (Å²) in [6.07, 6.45) is 5.34. The second-order valence-corrected chi connectivity index (χ2v) is 6.29. The topological polar surface area (TPSA) is 50.9 Å². The Hall–Kier alpha value is -0.610. The molecule has 1 saturated carbocycles. The lowest BCUT2D eigenvalue weighted by Crippen LogP contribution is -2.31. The van der Waals surface area contributed by atoms with Crippen molar-refractivity contribution in [2.24, 2.45) is 17.6 Å². The normalized spacial score (nSPS) is 24.9. The number of aromatic nitrogens is 1. The summed E-state index contributed by atoms with van der Waals surface area (Å²) in [5.74, 6) is 1.44. The first-order valence-electron chi connectivity index (χ1n) is 6.58. The minimum Gasteiger partial charge on any atom is -0.361 e. The quantitative estimate of drug-likeness (QED) is 0.867. The van der Waals surface area contributed by atoms with E-state index >= 15 is 0 Å². The van der Waals surface area contributed by atoms with Gasteiger partial charge in [0.1, 0.15) is 0 Å². The summed E-state index contributed by atoms with van der Waals surface area (Å²) in [6, 6.07) is 0. The molecule has 3 nitrogen and oxygen atoms in total. The summed E-state index contributed by atoms with van der Waals surface area (Å²) in [7, 11) is 0. The minimum atomic E-state index is 0.707. The average Bonchev–Trinajstić information content (AvgIpc) is 2.66. The smallest absolute Gasteiger partial charge is 0.183 e. The number of aryl methyl sites for hydroxylation is 2. The van der Waals surface area contributed by atoms with Gasteiger partial charge in [0.15, 0.2) is 5.13 Å². The maximum absolute atomic E-state index is 5.85. The third-order valence-corrected chi connectivity index (χ3v) is 4.94. The number of nitrogens with one attached hydrogen (secondary N) is 1. The van der Waals surface area contributed by atoms with E-state index in [2.05, 4.69) is 24.1 Å². The maximum atomic E-state index is 5.85. The van der Waals surface area contributed by atoms with Crippen LogP contribution in [0.3, 0.4) is 0 Å². The Labute approximate surface area is 108 Å². The molecular formula is C13H23N3S. The fourth-order valence-electron chi connectivity index (χ4n) is 2.63. The molecule has 17 heavy (non-hydrogen) atoms. The molecule has 4 heteroatoms. The molecule has 1 aromatic heterocycles. The van der Waals surface area contributed by atoms with Crippen molar-refractivity contribution in [2.45, 2.75) is 39.5 Å². The molecule has 0 radical (unpaired) electrons. The Morgan fingerprint density at radius 2 is 2.00 bits per heavy atom. The largest absolute Gasteiger partial charge is 0.361 e. The number of nitrogens with zero attached hydrogens (tertiary/aromatic N) is 1. The zero-order chi connectivity index (χ0) is 12.3. The molecule has 0 bridgehead atoms. The van der Waals surface area contributed by atoms with E-state index in [1.807, 2.05) is 0 Å². The molecule has 0 spiro atoms. The van der Waals surface area contributed by atoms with Crippen LogP contribution in [-0.4, -0.2) is 18.1 Å². The lowest BCUT2D eigenvalue weighted by Gasteiger charge is -2.30. The first-order valence-corrected chi connectivity index (χ1v) is 7.40. The predicted octanol–water partition coefficient (Wildman–Crippen LogP) is 2.94. The lowest BCUT2D eigenvalue weighted by molar-refractivity contribution is 0.255. The van der Waals surface area contributed by atoms with Gasteiger partial charge in [-0.25, -0.2) is 4.98 Å². The second-order valence-electron chi connectivity index (χ2n) is 5.08. The average molecular weight is 253 g/mol. The SMILES string of the molecule is Cc1nc(NCC2CCCCC2CN)sc1C. The first-order chi connectivity index (χ1) is 8.20. The highest BCUT2D eigenvalue weighted by Crippen LogP contribution is 2.30. The number of thiazole rings is 1. The third-order valence-electron chi connectivity index (χ3n) is 3.91. The molecule has 0 amide bonds. The second kappa shape index (κ2) is 5.83. The van der Waals surface area contributed by atoms with Crippen LogP contribution in [0.15, 0.2) is 0 Å². The van der Waals surface area contributed by atoms with Crippen molar-refractivity contribution in [2.75, 3.05) is 18.4 Å². The number of anilines is 1. The highest BCUT2D eigenvalue weighted by molar-refractivity contribution is 7.15. The Morgan fingerprint density at radius 1 is 1.29 bits per heavy atom. The highest BCUT2D eigenvalue weighted by atomic mass is 32.1. The zero-order valence-electron chi connectivity index (χ0n) is 10.8. The van der Waals surface area contributed by atoms with Gasteiger partial charge in [0.05, 0.1) is 5.69 Å². The molecule has 1 fully saturated rings. The molecule has 2 unspecified atom stereocenters. The Bertz CT molecular complexity index is 342. The standard InChI is InChI=1S/C13H23N3S/c1-9-10(2)17-13(16-9)15-8-12-6-4-3-5-11(12)7-14/h11-12H,3-8,14H2,1-2H3,(H,15,16). The summed E-state index contributed by atoms with van der Waals surface area (Å²) in [6.45, 7) is 6.07. The minimum absolute atomic E-state index is 0.707. The van der Waals surface area contributed by atoms with Crippen LogP contribution in [0.5, 0.6) is 0 Å². The van der Waals surface area contributed by atoms with Gasteiger partial charge in [0, 0.05) is 11.4 Å². The summed E-state index contributed by atoms with van der Waals surface area (Å²) in [4.78, 5) is 5.83. The van der Waals surface area contributed by atoms with Crippen molar-refractivity contribution in [1.82, 2.24) is 4.98 Å². The van der Waals surface area contributed by atoms with Crippen LogP contribution in [0, 0.1) is 25.7 Å². The first kappa shape index (κ1) is 12.8. The molecule has 96 valence electrons. The Morgan fingerprint density at radius 3 is 2.59 bits per heavy atom.